The van der Waals surface area contributed by atoms with Crippen molar-refractivity contribution in [2.75, 3.05) is 53.6 Å². The smallest absolute Gasteiger partial charge is 0.436 e. The summed E-state index contributed by atoms with van der Waals surface area (Å²) in [6.07, 6.45) is 0.222. The molecule has 6 amide bonds. The first kappa shape index (κ1) is 52.9. The number of hydrogen-bond acceptors (Lipinski definition) is 18. The number of hydrogen-bond donors (Lipinski definition) is 4. The number of aliphatic hydroxyl groups is 4. The minimum absolute atomic E-state index is 0.0695. The van der Waals surface area contributed by atoms with Crippen LogP contribution in [0.1, 0.15) is 40.5 Å². The third-order valence-corrected chi connectivity index (χ3v) is 8.90. The molecule has 1 aromatic heterocycles. The number of methoxy groups -OCH3 is 2. The van der Waals surface area contributed by atoms with Crippen LogP contribution in [0, 0.1) is 0 Å². The van der Waals surface area contributed by atoms with Crippen molar-refractivity contribution in [3.05, 3.63) is 68.4 Å². The molecule has 0 radical (unpaired) electrons. The molecule has 1 aliphatic rings. The van der Waals surface area contributed by atoms with E-state index in [9.17, 15) is 68.4 Å². The highest BCUT2D eigenvalue weighted by molar-refractivity contribution is 6.06. The average Bonchev–Trinajstić information content (AvgIpc) is 3.25. The lowest BCUT2D eigenvalue weighted by Gasteiger charge is -2.43. The van der Waals surface area contributed by atoms with Crippen LogP contribution in [0.15, 0.2) is 51.3 Å². The summed E-state index contributed by atoms with van der Waals surface area (Å²) in [6, 6.07) is -2.51. The second-order valence-electron chi connectivity index (χ2n) is 13.0. The molecule has 1 aliphatic heterocycles. The van der Waals surface area contributed by atoms with Crippen LogP contribution < -0.4 is 17.1 Å². The van der Waals surface area contributed by atoms with Crippen LogP contribution in [-0.4, -0.2) is 168 Å². The zero-order valence-electron chi connectivity index (χ0n) is 34.9. The Bertz CT molecular complexity index is 1980. The fraction of sp³-hybridized carbons (Fsp3) is 0.568. The number of urea groups is 3. The van der Waals surface area contributed by atoms with Crippen LogP contribution in [0.5, 0.6) is 0 Å². The Hall–Kier alpha value is -6.08. The number of nitrogens with zero attached hydrogens (tertiary/aromatic N) is 6. The molecule has 4 unspecified atom stereocenters. The van der Waals surface area contributed by atoms with Crippen LogP contribution in [-0.2, 0) is 57.8 Å². The monoisotopic (exact) mass is 871 g/mol. The maximum absolute atomic E-state index is 13.0. The molecular weight excluding hydrogens is 816 g/mol. The number of amides is 6. The number of carbonyl (C=O) groups is 7. The van der Waals surface area contributed by atoms with Crippen molar-refractivity contribution < 1.29 is 77.4 Å². The third-order valence-electron chi connectivity index (χ3n) is 8.90. The van der Waals surface area contributed by atoms with Gasteiger partial charge in [-0.25, -0.2) is 71.4 Å². The van der Waals surface area contributed by atoms with Gasteiger partial charge in [0.1, 0.15) is 25.4 Å². The lowest BCUT2D eigenvalue weighted by molar-refractivity contribution is -0.773. The predicted molar refractivity (Wildman–Crippen MR) is 209 cm³/mol. The van der Waals surface area contributed by atoms with E-state index in [0.717, 1.165) is 52.9 Å². The quantitative estimate of drug-likeness (QED) is 0.0322. The van der Waals surface area contributed by atoms with Crippen molar-refractivity contribution in [2.24, 2.45) is 0 Å². The molecule has 0 aliphatic carbocycles. The molecule has 24 nitrogen and oxygen atoms in total. The van der Waals surface area contributed by atoms with E-state index in [1.165, 1.54) is 6.08 Å². The SMILES string of the molecule is C=CCn1c(=O)n(CC(O)CC)c(=O)n(CC(O)COC(=O)/C=C/C(=O)OC)c1=O.CCC(O)CN1C(=O)N(CC(O)COC(=O)/C=C/C(=O)OC)C(=O)[N+](CC)(CC)C1=O. The molecule has 2 rings (SSSR count). The number of esters is 4. The summed E-state index contributed by atoms with van der Waals surface area (Å²) >= 11 is 0. The minimum Gasteiger partial charge on any atom is -0.466 e. The summed E-state index contributed by atoms with van der Waals surface area (Å²) in [5.41, 5.74) is -2.92. The standard InChI is InChI=1S/C19H30N3O9.C18H25N3O9/c1-5-13(23)10-20-17(27)21(19(29)22(6-2,7-3)18(20)28)11-14(24)12-31-16(26)9-8-15(25)30-4;1-4-8-19-16(26)20(9-12(22)5-2)18(28)21(17(19)27)10-13(23)11-30-15(25)7-6-14(24)29-3/h8-9,13-14,23-24H,5-7,10-12H2,1-4H3;4,6-7,12-13,22-23H,1,5,8-11H2,2-3H3/q+1;/b9-8+;7-6+. The summed E-state index contributed by atoms with van der Waals surface area (Å²) in [7, 11) is 2.25. The van der Waals surface area contributed by atoms with E-state index in [1.54, 1.807) is 27.7 Å². The Balaban J connectivity index is 0.000000610. The molecule has 2 heterocycles. The highest BCUT2D eigenvalue weighted by Crippen LogP contribution is 2.25. The zero-order valence-corrected chi connectivity index (χ0v) is 34.9. The Morgan fingerprint density at radius 1 is 0.574 bits per heavy atom. The minimum atomic E-state index is -1.47. The number of allylic oxidation sites excluding steroid dienone is 1. The lowest BCUT2D eigenvalue weighted by atomic mass is 10.2. The number of carbonyl (C=O) groups excluding carboxylic acids is 7. The van der Waals surface area contributed by atoms with Crippen molar-refractivity contribution >= 4 is 42.0 Å². The van der Waals surface area contributed by atoms with Gasteiger partial charge in [-0.15, -0.1) is 6.58 Å². The van der Waals surface area contributed by atoms with Gasteiger partial charge in [0.25, 0.3) is 0 Å². The maximum Gasteiger partial charge on any atom is 0.436 e. The third kappa shape index (κ3) is 14.9. The molecule has 0 aromatic carbocycles. The van der Waals surface area contributed by atoms with E-state index in [-0.39, 0.29) is 39.1 Å². The summed E-state index contributed by atoms with van der Waals surface area (Å²) in [5, 5.41) is 40.0. The van der Waals surface area contributed by atoms with E-state index in [1.807, 2.05) is 0 Å². The predicted octanol–water partition coefficient (Wildman–Crippen LogP) is -2.01. The van der Waals surface area contributed by atoms with E-state index in [4.69, 9.17) is 9.47 Å². The number of aromatic nitrogens is 3. The number of aliphatic hydroxyl groups excluding tert-OH is 4. The molecule has 61 heavy (non-hydrogen) atoms. The Kier molecular flexibility index (Phi) is 22.1. The second-order valence-corrected chi connectivity index (χ2v) is 13.0. The van der Waals surface area contributed by atoms with Crippen LogP contribution in [0.3, 0.4) is 0 Å². The van der Waals surface area contributed by atoms with Gasteiger partial charge in [-0.3, -0.25) is 0 Å². The van der Waals surface area contributed by atoms with Crippen LogP contribution in [0.2, 0.25) is 0 Å². The average molecular weight is 872 g/mol. The molecule has 340 valence electrons. The van der Waals surface area contributed by atoms with Crippen molar-refractivity contribution in [1.29, 1.82) is 0 Å². The van der Waals surface area contributed by atoms with Gasteiger partial charge < -0.3 is 39.4 Å². The highest BCUT2D eigenvalue weighted by Gasteiger charge is 2.57. The van der Waals surface area contributed by atoms with E-state index < -0.39 is 114 Å². The summed E-state index contributed by atoms with van der Waals surface area (Å²) in [5.74, 6) is -3.43. The largest absolute Gasteiger partial charge is 0.466 e. The van der Waals surface area contributed by atoms with E-state index in [0.29, 0.717) is 15.6 Å². The molecule has 1 fully saturated rings. The number of imide groups is 3. The first-order chi connectivity index (χ1) is 28.7. The molecular formula is C37H55N6O18+. The van der Waals surface area contributed by atoms with Gasteiger partial charge >= 0.3 is 59.0 Å². The van der Waals surface area contributed by atoms with Gasteiger partial charge in [0, 0.05) is 24.3 Å². The first-order valence-corrected chi connectivity index (χ1v) is 18.9. The fourth-order valence-electron chi connectivity index (χ4n) is 5.28. The molecule has 1 saturated heterocycles. The lowest BCUT2D eigenvalue weighted by Crippen LogP contribution is -2.74. The molecule has 4 N–H and O–H groups in total. The molecule has 0 saturated carbocycles. The van der Waals surface area contributed by atoms with Crippen molar-refractivity contribution in [3.63, 3.8) is 0 Å². The zero-order chi connectivity index (χ0) is 46.6. The van der Waals surface area contributed by atoms with Gasteiger partial charge in [0.2, 0.25) is 0 Å². The van der Waals surface area contributed by atoms with Gasteiger partial charge in [-0.05, 0) is 26.7 Å². The van der Waals surface area contributed by atoms with E-state index in [2.05, 4.69) is 16.1 Å². The summed E-state index contributed by atoms with van der Waals surface area (Å²) in [4.78, 5) is 123. The summed E-state index contributed by atoms with van der Waals surface area (Å²) < 4.78 is 19.5. The number of ether oxygens (including phenoxy) is 4. The van der Waals surface area contributed by atoms with Crippen LogP contribution in [0.4, 0.5) is 14.4 Å². The van der Waals surface area contributed by atoms with Crippen molar-refractivity contribution in [2.45, 2.75) is 84.6 Å². The van der Waals surface area contributed by atoms with Crippen LogP contribution in [0.25, 0.3) is 0 Å². The Morgan fingerprint density at radius 2 is 0.918 bits per heavy atom. The molecule has 24 heteroatoms. The molecule has 4 atom stereocenters. The summed E-state index contributed by atoms with van der Waals surface area (Å²) in [6.45, 7) is 7.08. The van der Waals surface area contributed by atoms with Gasteiger partial charge in [0.05, 0.1) is 72.2 Å². The second kappa shape index (κ2) is 25.5. The molecule has 0 spiro atoms. The normalized spacial score (nSPS) is 15.7. The van der Waals surface area contributed by atoms with Crippen molar-refractivity contribution in [3.8, 4) is 0 Å². The molecule has 0 bridgehead atoms. The van der Waals surface area contributed by atoms with Gasteiger partial charge in [0.15, 0.2) is 0 Å². The van der Waals surface area contributed by atoms with Crippen LogP contribution >= 0.6 is 0 Å². The Morgan fingerprint density at radius 3 is 1.30 bits per heavy atom. The number of β-amino-alcohol motifs (C(OH)–C–C–N with tert-alkyl or cyclic N) is 2. The maximum atomic E-state index is 13.0. The highest BCUT2D eigenvalue weighted by atomic mass is 16.5. The van der Waals surface area contributed by atoms with Crippen molar-refractivity contribution in [1.82, 2.24) is 23.5 Å². The fourth-order valence-corrected chi connectivity index (χ4v) is 5.28. The topological polar surface area (TPSA) is 310 Å². The molecule has 1 aromatic rings. The number of rotatable bonds is 22. The van der Waals surface area contributed by atoms with E-state index >= 15 is 0 Å². The van der Waals surface area contributed by atoms with Gasteiger partial charge in [-0.1, -0.05) is 19.9 Å². The van der Waals surface area contributed by atoms with Gasteiger partial charge in [-0.2, -0.15) is 4.48 Å². The first-order valence-electron chi connectivity index (χ1n) is 18.9. The number of quaternary nitrogens is 1. The Labute approximate surface area is 349 Å².